The number of hydrogen-bond acceptors (Lipinski definition) is 7. The number of aliphatic hydroxyl groups is 1. The van der Waals surface area contributed by atoms with Gasteiger partial charge in [-0.2, -0.15) is 26.3 Å². The van der Waals surface area contributed by atoms with Gasteiger partial charge in [0, 0.05) is 19.0 Å². The van der Waals surface area contributed by atoms with Crippen LogP contribution in [0.5, 0.6) is 11.5 Å². The van der Waals surface area contributed by atoms with Crippen molar-refractivity contribution in [3.05, 3.63) is 119 Å². The lowest BCUT2D eigenvalue weighted by molar-refractivity contribution is -0.405. The summed E-state index contributed by atoms with van der Waals surface area (Å²) >= 11 is 0. The zero-order valence-corrected chi connectivity index (χ0v) is 22.4. The SMILES string of the molecule is CC1(F)Oc2ccc(NC(O)NC(Cc3ccccc3)(c3cccc(C(F)(F)F)c3)c3ccc(O)cn3)cc2C(F)(F)O1. The van der Waals surface area contributed by atoms with Crippen molar-refractivity contribution in [1.29, 1.82) is 0 Å². The highest BCUT2D eigenvalue weighted by atomic mass is 19.4. The van der Waals surface area contributed by atoms with E-state index in [0.717, 1.165) is 30.5 Å². The van der Waals surface area contributed by atoms with Gasteiger partial charge in [0.15, 0.2) is 6.35 Å². The van der Waals surface area contributed by atoms with Crippen LogP contribution in [-0.4, -0.2) is 27.6 Å². The van der Waals surface area contributed by atoms with Gasteiger partial charge in [-0.25, -0.2) is 4.74 Å². The smallest absolute Gasteiger partial charge is 0.416 e. The molecular formula is C30H25F6N3O4. The summed E-state index contributed by atoms with van der Waals surface area (Å²) in [6.07, 6.45) is -9.48. The molecule has 1 aliphatic heterocycles. The van der Waals surface area contributed by atoms with Gasteiger partial charge in [0.2, 0.25) is 0 Å². The molecule has 1 aliphatic rings. The molecule has 2 heterocycles. The van der Waals surface area contributed by atoms with Crippen LogP contribution in [0.1, 0.15) is 34.9 Å². The second-order valence-electron chi connectivity index (χ2n) is 10.0. The third-order valence-electron chi connectivity index (χ3n) is 6.76. The number of aromatic nitrogens is 1. The minimum Gasteiger partial charge on any atom is -0.506 e. The van der Waals surface area contributed by atoms with Gasteiger partial charge in [0.1, 0.15) is 11.5 Å². The summed E-state index contributed by atoms with van der Waals surface area (Å²) in [6.45, 7) is 0.682. The van der Waals surface area contributed by atoms with Gasteiger partial charge in [-0.3, -0.25) is 10.3 Å². The number of halogens is 6. The topological polar surface area (TPSA) is 95.9 Å². The predicted octanol–water partition coefficient (Wildman–Crippen LogP) is 6.37. The number of aromatic hydroxyl groups is 1. The Labute approximate surface area is 241 Å². The first kappa shape index (κ1) is 30.1. The lowest BCUT2D eigenvalue weighted by atomic mass is 9.80. The fourth-order valence-electron chi connectivity index (χ4n) is 4.92. The molecule has 0 fully saturated rings. The third kappa shape index (κ3) is 6.53. The molecule has 0 saturated carbocycles. The molecule has 0 spiro atoms. The molecule has 0 amide bonds. The van der Waals surface area contributed by atoms with Crippen LogP contribution in [-0.2, 0) is 29.0 Å². The van der Waals surface area contributed by atoms with Crippen molar-refractivity contribution in [2.75, 3.05) is 5.32 Å². The van der Waals surface area contributed by atoms with E-state index in [2.05, 4.69) is 20.4 Å². The maximum Gasteiger partial charge on any atom is 0.416 e. The van der Waals surface area contributed by atoms with Crippen LogP contribution < -0.4 is 15.4 Å². The molecular weight excluding hydrogens is 580 g/mol. The first-order chi connectivity index (χ1) is 20.2. The molecule has 226 valence electrons. The van der Waals surface area contributed by atoms with Crippen molar-refractivity contribution >= 4 is 5.69 Å². The fraction of sp³-hybridized carbons (Fsp3) is 0.233. The predicted molar refractivity (Wildman–Crippen MR) is 143 cm³/mol. The van der Waals surface area contributed by atoms with Crippen molar-refractivity contribution < 1.29 is 46.0 Å². The highest BCUT2D eigenvalue weighted by Crippen LogP contribution is 2.46. The second-order valence-corrected chi connectivity index (χ2v) is 10.0. The van der Waals surface area contributed by atoms with Crippen molar-refractivity contribution in [2.45, 2.75) is 43.6 Å². The zero-order valence-electron chi connectivity index (χ0n) is 22.4. The Morgan fingerprint density at radius 3 is 2.30 bits per heavy atom. The Hall–Kier alpha value is -4.33. The minimum atomic E-state index is -4.69. The zero-order chi connectivity index (χ0) is 31.0. The number of alkyl halides is 6. The number of nitrogens with one attached hydrogen (secondary N) is 2. The van der Waals surface area contributed by atoms with Gasteiger partial charge in [0.25, 0.3) is 0 Å². The van der Waals surface area contributed by atoms with E-state index in [1.54, 1.807) is 30.3 Å². The Morgan fingerprint density at radius 1 is 0.907 bits per heavy atom. The average Bonchev–Trinajstić information content (AvgIpc) is 2.93. The van der Waals surface area contributed by atoms with Crippen molar-refractivity contribution in [3.63, 3.8) is 0 Å². The molecule has 0 saturated heterocycles. The largest absolute Gasteiger partial charge is 0.506 e. The first-order valence-corrected chi connectivity index (χ1v) is 12.9. The molecule has 0 radical (unpaired) electrons. The number of nitrogens with zero attached hydrogens (tertiary/aromatic N) is 1. The maximum absolute atomic E-state index is 14.6. The second kappa shape index (κ2) is 11.1. The molecule has 7 nitrogen and oxygen atoms in total. The van der Waals surface area contributed by atoms with Crippen LogP contribution in [0.25, 0.3) is 0 Å². The van der Waals surface area contributed by atoms with Crippen LogP contribution in [0.2, 0.25) is 0 Å². The summed E-state index contributed by atoms with van der Waals surface area (Å²) in [5.41, 5.74) is -2.67. The molecule has 3 aromatic carbocycles. The normalized spacial score (nSPS) is 19.9. The molecule has 1 aromatic heterocycles. The van der Waals surface area contributed by atoms with E-state index in [-0.39, 0.29) is 29.1 Å². The number of aliphatic hydroxyl groups excluding tert-OH is 1. The van der Waals surface area contributed by atoms with E-state index in [4.69, 9.17) is 4.74 Å². The van der Waals surface area contributed by atoms with E-state index < -0.39 is 47.1 Å². The van der Waals surface area contributed by atoms with Crippen LogP contribution in [0, 0.1) is 0 Å². The Kier molecular flexibility index (Phi) is 7.75. The number of benzene rings is 3. The highest BCUT2D eigenvalue weighted by molar-refractivity contribution is 5.53. The summed E-state index contributed by atoms with van der Waals surface area (Å²) in [6, 6.07) is 15.9. The van der Waals surface area contributed by atoms with E-state index in [1.807, 2.05) is 0 Å². The average molecular weight is 606 g/mol. The number of pyridine rings is 1. The van der Waals surface area contributed by atoms with Crippen molar-refractivity contribution in [2.24, 2.45) is 0 Å². The summed E-state index contributed by atoms with van der Waals surface area (Å²) in [5, 5.41) is 26.6. The molecule has 3 atom stereocenters. The minimum absolute atomic E-state index is 0.0370. The van der Waals surface area contributed by atoms with Crippen LogP contribution >= 0.6 is 0 Å². The standard InChI is InChI=1S/C30H25F6N3O4/c1-27(31)42-24-12-10-21(15-23(24)30(35,36)43-27)38-26(41)39-28(16-18-6-3-2-4-7-18,25-13-11-22(40)17-37-25)19-8-5-9-20(14-19)29(32,33)34/h2-15,17,26,38-41H,16H2,1H3. The van der Waals surface area contributed by atoms with E-state index >= 15 is 0 Å². The number of fused-ring (bicyclic) bond motifs is 1. The van der Waals surface area contributed by atoms with Crippen molar-refractivity contribution in [3.8, 4) is 11.5 Å². The van der Waals surface area contributed by atoms with Gasteiger partial charge >= 0.3 is 18.3 Å². The molecule has 0 aliphatic carbocycles. The van der Waals surface area contributed by atoms with Gasteiger partial charge in [-0.1, -0.05) is 42.5 Å². The molecule has 13 heteroatoms. The number of rotatable bonds is 8. The van der Waals surface area contributed by atoms with Crippen LogP contribution in [0.4, 0.5) is 32.0 Å². The molecule has 5 rings (SSSR count). The highest BCUT2D eigenvalue weighted by Gasteiger charge is 2.50. The van der Waals surface area contributed by atoms with Gasteiger partial charge in [0.05, 0.1) is 28.6 Å². The van der Waals surface area contributed by atoms with Crippen molar-refractivity contribution in [1.82, 2.24) is 10.3 Å². The van der Waals surface area contributed by atoms with Gasteiger partial charge in [-0.05, 0) is 53.6 Å². The fourth-order valence-corrected chi connectivity index (χ4v) is 4.92. The van der Waals surface area contributed by atoms with E-state index in [1.165, 1.54) is 30.3 Å². The quantitative estimate of drug-likeness (QED) is 0.137. The lowest BCUT2D eigenvalue weighted by Crippen LogP contribution is -2.53. The van der Waals surface area contributed by atoms with Gasteiger partial charge in [-0.15, -0.1) is 0 Å². The van der Waals surface area contributed by atoms with E-state index in [9.17, 15) is 36.6 Å². The summed E-state index contributed by atoms with van der Waals surface area (Å²) < 4.78 is 93.6. The Bertz CT molecular complexity index is 1590. The Balaban J connectivity index is 1.58. The number of ether oxygens (including phenoxy) is 2. The Morgan fingerprint density at radius 2 is 1.63 bits per heavy atom. The molecule has 0 bridgehead atoms. The molecule has 43 heavy (non-hydrogen) atoms. The molecule has 4 N–H and O–H groups in total. The summed E-state index contributed by atoms with van der Waals surface area (Å²) in [5.74, 6) is -0.686. The van der Waals surface area contributed by atoms with E-state index in [0.29, 0.717) is 12.5 Å². The number of anilines is 1. The summed E-state index contributed by atoms with van der Waals surface area (Å²) in [7, 11) is 0. The van der Waals surface area contributed by atoms with Crippen LogP contribution in [0.3, 0.4) is 0 Å². The van der Waals surface area contributed by atoms with Gasteiger partial charge < -0.3 is 20.3 Å². The summed E-state index contributed by atoms with van der Waals surface area (Å²) in [4.78, 5) is 4.27. The molecule has 3 unspecified atom stereocenters. The molecule has 4 aromatic rings. The number of hydrogen-bond donors (Lipinski definition) is 4. The third-order valence-corrected chi connectivity index (χ3v) is 6.76. The maximum atomic E-state index is 14.6. The van der Waals surface area contributed by atoms with Crippen LogP contribution in [0.15, 0.2) is 91.1 Å². The first-order valence-electron chi connectivity index (χ1n) is 12.9. The monoisotopic (exact) mass is 605 g/mol. The lowest BCUT2D eigenvalue weighted by Gasteiger charge is -2.38.